The molecule has 0 radical (unpaired) electrons. The van der Waals surface area contributed by atoms with Crippen LogP contribution in [0.1, 0.15) is 66.5 Å². The fourth-order valence-corrected chi connectivity index (χ4v) is 7.46. The molecular formula is C20H32O4Si. The van der Waals surface area contributed by atoms with Gasteiger partial charge in [-0.3, -0.25) is 0 Å². The summed E-state index contributed by atoms with van der Waals surface area (Å²) >= 11 is 0. The fraction of sp³-hybridized carbons (Fsp3) is 0.600. The maximum atomic E-state index is 12.7. The average molecular weight is 365 g/mol. The summed E-state index contributed by atoms with van der Waals surface area (Å²) in [7, 11) is -1.89. The normalized spacial score (nSPS) is 11.3. The Balaban J connectivity index is 3.79. The Morgan fingerprint density at radius 2 is 1.32 bits per heavy atom. The van der Waals surface area contributed by atoms with Crippen molar-refractivity contribution in [2.75, 3.05) is 13.2 Å². The van der Waals surface area contributed by atoms with Gasteiger partial charge < -0.3 is 9.47 Å². The first-order valence-corrected chi connectivity index (χ1v) is 11.9. The minimum atomic E-state index is -1.89. The third kappa shape index (κ3) is 4.14. The molecule has 0 aliphatic rings. The van der Waals surface area contributed by atoms with Gasteiger partial charge in [-0.2, -0.15) is 0 Å². The lowest BCUT2D eigenvalue weighted by molar-refractivity contribution is 0.0511. The maximum absolute atomic E-state index is 12.7. The van der Waals surface area contributed by atoms with Gasteiger partial charge in [0.2, 0.25) is 0 Å². The second-order valence-corrected chi connectivity index (χ2v) is 11.6. The zero-order valence-corrected chi connectivity index (χ0v) is 17.7. The number of benzene rings is 1. The van der Waals surface area contributed by atoms with E-state index in [9.17, 15) is 9.59 Å². The lowest BCUT2D eigenvalue weighted by Gasteiger charge is -2.32. The van der Waals surface area contributed by atoms with Crippen LogP contribution >= 0.6 is 0 Å². The molecule has 0 saturated carbocycles. The number of carbonyl (C=O) groups is 2. The number of rotatable bonds is 8. The summed E-state index contributed by atoms with van der Waals surface area (Å²) in [6.45, 7) is 14.6. The SMILES string of the molecule is CCOC(=O)c1cc([Si](CC)(CC)CC)c(C(=O)OCC)c(C)c1C. The summed E-state index contributed by atoms with van der Waals surface area (Å²) in [5.74, 6) is -0.591. The van der Waals surface area contributed by atoms with Crippen LogP contribution in [0.2, 0.25) is 18.1 Å². The Morgan fingerprint density at radius 3 is 1.76 bits per heavy atom. The van der Waals surface area contributed by atoms with Crippen molar-refractivity contribution in [1.82, 2.24) is 0 Å². The molecule has 1 aromatic carbocycles. The molecule has 140 valence electrons. The quantitative estimate of drug-likeness (QED) is 0.508. The molecule has 0 aliphatic heterocycles. The van der Waals surface area contributed by atoms with E-state index in [0.717, 1.165) is 34.4 Å². The second-order valence-electron chi connectivity index (χ2n) is 6.38. The lowest BCUT2D eigenvalue weighted by atomic mass is 9.97. The first kappa shape index (κ1) is 21.4. The Morgan fingerprint density at radius 1 is 0.840 bits per heavy atom. The molecule has 25 heavy (non-hydrogen) atoms. The molecule has 0 aliphatic carbocycles. The van der Waals surface area contributed by atoms with Gasteiger partial charge in [0.05, 0.1) is 32.4 Å². The van der Waals surface area contributed by atoms with Crippen LogP contribution in [0.25, 0.3) is 0 Å². The van der Waals surface area contributed by atoms with E-state index in [4.69, 9.17) is 9.47 Å². The van der Waals surface area contributed by atoms with Gasteiger partial charge in [-0.15, -0.1) is 0 Å². The van der Waals surface area contributed by atoms with Crippen molar-refractivity contribution in [2.24, 2.45) is 0 Å². The van der Waals surface area contributed by atoms with Crippen molar-refractivity contribution >= 4 is 25.2 Å². The number of carbonyl (C=O) groups excluding carboxylic acids is 2. The minimum absolute atomic E-state index is 0.277. The van der Waals surface area contributed by atoms with E-state index in [1.165, 1.54) is 0 Å². The molecule has 0 fully saturated rings. The zero-order chi connectivity index (χ0) is 19.2. The molecule has 4 nitrogen and oxygen atoms in total. The summed E-state index contributed by atoms with van der Waals surface area (Å²) in [5.41, 5.74) is 2.89. The molecule has 0 heterocycles. The number of hydrogen-bond donors (Lipinski definition) is 0. The van der Waals surface area contributed by atoms with Gasteiger partial charge in [0.1, 0.15) is 0 Å². The van der Waals surface area contributed by atoms with Crippen molar-refractivity contribution in [2.45, 2.75) is 66.6 Å². The van der Waals surface area contributed by atoms with Gasteiger partial charge in [-0.05, 0) is 50.1 Å². The standard InChI is InChI=1S/C20H32O4Si/c1-8-23-19(21)16-13-17(25(10-3,11-4)12-5)18(15(7)14(16)6)20(22)24-9-2/h13H,8-12H2,1-7H3. The van der Waals surface area contributed by atoms with Gasteiger partial charge in [0, 0.05) is 0 Å². The van der Waals surface area contributed by atoms with E-state index < -0.39 is 8.07 Å². The summed E-state index contributed by atoms with van der Waals surface area (Å²) in [6.07, 6.45) is 0. The first-order valence-electron chi connectivity index (χ1n) is 9.32. The fourth-order valence-electron chi connectivity index (χ4n) is 3.54. The molecule has 0 atom stereocenters. The molecule has 1 aromatic rings. The Bertz CT molecular complexity index is 625. The average Bonchev–Trinajstić information content (AvgIpc) is 2.60. The Kier molecular flexibility index (Phi) is 7.86. The van der Waals surface area contributed by atoms with Gasteiger partial charge in [-0.25, -0.2) is 9.59 Å². The third-order valence-corrected chi connectivity index (χ3v) is 11.1. The predicted octanol–water partition coefficient (Wildman–Crippen LogP) is 4.37. The molecule has 0 aromatic heterocycles. The van der Waals surface area contributed by atoms with Crippen LogP contribution in [0.5, 0.6) is 0 Å². The maximum Gasteiger partial charge on any atom is 0.338 e. The number of ether oxygens (including phenoxy) is 2. The Labute approximate surface area is 152 Å². The van der Waals surface area contributed by atoms with Crippen LogP contribution < -0.4 is 5.19 Å². The van der Waals surface area contributed by atoms with Crippen LogP contribution in [0.15, 0.2) is 6.07 Å². The number of esters is 2. The van der Waals surface area contributed by atoms with Crippen LogP contribution in [0.4, 0.5) is 0 Å². The summed E-state index contributed by atoms with van der Waals surface area (Å²) in [6, 6.07) is 5.00. The second kappa shape index (κ2) is 9.18. The van der Waals surface area contributed by atoms with Crippen molar-refractivity contribution < 1.29 is 19.1 Å². The van der Waals surface area contributed by atoms with Crippen molar-refractivity contribution in [3.8, 4) is 0 Å². The van der Waals surface area contributed by atoms with Crippen LogP contribution in [-0.4, -0.2) is 33.2 Å². The van der Waals surface area contributed by atoms with Crippen molar-refractivity contribution in [3.05, 3.63) is 28.3 Å². The van der Waals surface area contributed by atoms with Crippen molar-refractivity contribution in [3.63, 3.8) is 0 Å². The summed E-state index contributed by atoms with van der Waals surface area (Å²) in [4.78, 5) is 25.2. The smallest absolute Gasteiger partial charge is 0.338 e. The van der Waals surface area contributed by atoms with Crippen LogP contribution in [-0.2, 0) is 9.47 Å². The zero-order valence-electron chi connectivity index (χ0n) is 16.7. The van der Waals surface area contributed by atoms with E-state index in [-0.39, 0.29) is 11.9 Å². The lowest BCUT2D eigenvalue weighted by Crippen LogP contribution is -2.49. The third-order valence-electron chi connectivity index (χ3n) is 5.48. The molecule has 1 rings (SSSR count). The number of hydrogen-bond acceptors (Lipinski definition) is 4. The van der Waals surface area contributed by atoms with Crippen molar-refractivity contribution in [1.29, 1.82) is 0 Å². The van der Waals surface area contributed by atoms with Gasteiger partial charge in [-0.1, -0.05) is 38.9 Å². The van der Waals surface area contributed by atoms with Crippen LogP contribution in [0.3, 0.4) is 0 Å². The molecule has 0 spiro atoms. The van der Waals surface area contributed by atoms with E-state index in [1.807, 2.05) is 26.8 Å². The van der Waals surface area contributed by atoms with E-state index in [2.05, 4.69) is 20.8 Å². The molecule has 0 saturated heterocycles. The molecule has 0 amide bonds. The first-order chi connectivity index (χ1) is 11.8. The van der Waals surface area contributed by atoms with Gasteiger partial charge in [0.25, 0.3) is 0 Å². The highest BCUT2D eigenvalue weighted by molar-refractivity contribution is 6.92. The highest BCUT2D eigenvalue weighted by atomic mass is 28.3. The minimum Gasteiger partial charge on any atom is -0.462 e. The molecule has 0 bridgehead atoms. The summed E-state index contributed by atoms with van der Waals surface area (Å²) in [5, 5.41) is 1.05. The van der Waals surface area contributed by atoms with Gasteiger partial charge in [0.15, 0.2) is 0 Å². The molecule has 5 heteroatoms. The molecular weight excluding hydrogens is 332 g/mol. The monoisotopic (exact) mass is 364 g/mol. The largest absolute Gasteiger partial charge is 0.462 e. The van der Waals surface area contributed by atoms with Crippen LogP contribution in [0, 0.1) is 13.8 Å². The van der Waals surface area contributed by atoms with E-state index >= 15 is 0 Å². The van der Waals surface area contributed by atoms with E-state index in [0.29, 0.717) is 24.3 Å². The highest BCUT2D eigenvalue weighted by Crippen LogP contribution is 2.27. The predicted molar refractivity (Wildman–Crippen MR) is 105 cm³/mol. The highest BCUT2D eigenvalue weighted by Gasteiger charge is 2.36. The molecule has 0 unspecified atom stereocenters. The molecule has 0 N–H and O–H groups in total. The Hall–Kier alpha value is -1.62. The van der Waals surface area contributed by atoms with E-state index in [1.54, 1.807) is 6.92 Å². The summed E-state index contributed by atoms with van der Waals surface area (Å²) < 4.78 is 10.6. The van der Waals surface area contributed by atoms with Gasteiger partial charge >= 0.3 is 11.9 Å². The topological polar surface area (TPSA) is 52.6 Å².